The van der Waals surface area contributed by atoms with Gasteiger partial charge in [-0.15, -0.1) is 12.4 Å². The summed E-state index contributed by atoms with van der Waals surface area (Å²) >= 11 is 0. The largest absolute Gasteiger partial charge is 0.497 e. The smallest absolute Gasteiger partial charge is 0.236 e. The first-order valence-electron chi connectivity index (χ1n) is 7.53. The first-order chi connectivity index (χ1) is 10.7. The number of methoxy groups -OCH3 is 2. The summed E-state index contributed by atoms with van der Waals surface area (Å²) in [5.74, 6) is 1.78. The zero-order valence-corrected chi connectivity index (χ0v) is 14.8. The van der Waals surface area contributed by atoms with Crippen LogP contribution in [0.1, 0.15) is 5.56 Å². The normalized spacial score (nSPS) is 15.0. The second kappa shape index (κ2) is 9.60. The van der Waals surface area contributed by atoms with Crippen molar-refractivity contribution in [2.45, 2.75) is 6.54 Å². The number of halogens is 1. The van der Waals surface area contributed by atoms with Gasteiger partial charge >= 0.3 is 0 Å². The summed E-state index contributed by atoms with van der Waals surface area (Å²) in [6.45, 7) is 4.57. The minimum atomic E-state index is 0. The van der Waals surface area contributed by atoms with Gasteiger partial charge in [-0.25, -0.2) is 0 Å². The van der Waals surface area contributed by atoms with Crippen LogP contribution in [0.25, 0.3) is 0 Å². The molecule has 1 saturated heterocycles. The lowest BCUT2D eigenvalue weighted by molar-refractivity contribution is -0.131. The standard InChI is InChI=1S/C16H25N3O3.ClH/c1-17-11-16(20)19-6-4-18(5-7-19)12-13-8-14(21-2)10-15(9-13)22-3;/h8-10,17H,4-7,11-12H2,1-3H3;1H. The Morgan fingerprint density at radius 1 is 1.09 bits per heavy atom. The molecular weight excluding hydrogens is 318 g/mol. The van der Waals surface area contributed by atoms with Crippen LogP contribution in [0.2, 0.25) is 0 Å². The lowest BCUT2D eigenvalue weighted by Gasteiger charge is -2.34. The zero-order valence-electron chi connectivity index (χ0n) is 14.0. The summed E-state index contributed by atoms with van der Waals surface area (Å²) in [5.41, 5.74) is 1.16. The number of rotatable bonds is 6. The van der Waals surface area contributed by atoms with Crippen molar-refractivity contribution in [3.05, 3.63) is 23.8 Å². The minimum absolute atomic E-state index is 0. The van der Waals surface area contributed by atoms with E-state index in [0.717, 1.165) is 49.8 Å². The second-order valence-corrected chi connectivity index (χ2v) is 5.41. The molecule has 1 amide bonds. The third-order valence-electron chi connectivity index (χ3n) is 3.87. The van der Waals surface area contributed by atoms with Crippen LogP contribution in [0.3, 0.4) is 0 Å². The number of nitrogens with zero attached hydrogens (tertiary/aromatic N) is 2. The highest BCUT2D eigenvalue weighted by Gasteiger charge is 2.20. The lowest BCUT2D eigenvalue weighted by atomic mass is 10.1. The summed E-state index contributed by atoms with van der Waals surface area (Å²) in [5, 5.41) is 2.91. The summed E-state index contributed by atoms with van der Waals surface area (Å²) in [7, 11) is 5.11. The molecule has 0 atom stereocenters. The van der Waals surface area contributed by atoms with Crippen molar-refractivity contribution < 1.29 is 14.3 Å². The molecule has 2 rings (SSSR count). The molecule has 130 valence electrons. The van der Waals surface area contributed by atoms with Crippen LogP contribution in [-0.4, -0.2) is 69.7 Å². The Bertz CT molecular complexity index is 483. The molecule has 1 aliphatic rings. The van der Waals surface area contributed by atoms with Gasteiger partial charge in [-0.1, -0.05) is 0 Å². The average molecular weight is 344 g/mol. The molecule has 6 nitrogen and oxygen atoms in total. The summed E-state index contributed by atoms with van der Waals surface area (Å²) < 4.78 is 10.6. The number of piperazine rings is 1. The molecule has 0 saturated carbocycles. The van der Waals surface area contributed by atoms with E-state index in [9.17, 15) is 4.79 Å². The monoisotopic (exact) mass is 343 g/mol. The van der Waals surface area contributed by atoms with E-state index < -0.39 is 0 Å². The molecule has 0 unspecified atom stereocenters. The van der Waals surface area contributed by atoms with E-state index in [0.29, 0.717) is 6.54 Å². The van der Waals surface area contributed by atoms with E-state index in [1.54, 1.807) is 21.3 Å². The first kappa shape index (κ1) is 19.5. The number of carbonyl (C=O) groups excluding carboxylic acids is 1. The Kier molecular flexibility index (Phi) is 8.16. The van der Waals surface area contributed by atoms with Crippen LogP contribution < -0.4 is 14.8 Å². The lowest BCUT2D eigenvalue weighted by Crippen LogP contribution is -2.50. The maximum Gasteiger partial charge on any atom is 0.236 e. The topological polar surface area (TPSA) is 54.0 Å². The van der Waals surface area contributed by atoms with Gasteiger partial charge in [-0.2, -0.15) is 0 Å². The van der Waals surface area contributed by atoms with E-state index in [1.165, 1.54) is 0 Å². The molecule has 1 fully saturated rings. The molecule has 1 aliphatic heterocycles. The number of ether oxygens (including phenoxy) is 2. The third kappa shape index (κ3) is 5.57. The van der Waals surface area contributed by atoms with Crippen LogP contribution >= 0.6 is 12.4 Å². The first-order valence-corrected chi connectivity index (χ1v) is 7.53. The van der Waals surface area contributed by atoms with E-state index in [1.807, 2.05) is 23.1 Å². The van der Waals surface area contributed by atoms with Gasteiger partial charge in [0.2, 0.25) is 5.91 Å². The fraction of sp³-hybridized carbons (Fsp3) is 0.562. The van der Waals surface area contributed by atoms with Crippen molar-refractivity contribution >= 4 is 18.3 Å². The van der Waals surface area contributed by atoms with Crippen molar-refractivity contribution in [1.82, 2.24) is 15.1 Å². The Morgan fingerprint density at radius 2 is 1.65 bits per heavy atom. The molecule has 1 N–H and O–H groups in total. The number of hydrogen-bond acceptors (Lipinski definition) is 5. The second-order valence-electron chi connectivity index (χ2n) is 5.41. The van der Waals surface area contributed by atoms with E-state index in [2.05, 4.69) is 10.2 Å². The molecule has 23 heavy (non-hydrogen) atoms. The predicted octanol–water partition coefficient (Wildman–Crippen LogP) is 0.989. The average Bonchev–Trinajstić information content (AvgIpc) is 2.55. The van der Waals surface area contributed by atoms with E-state index in [-0.39, 0.29) is 18.3 Å². The number of benzene rings is 1. The number of hydrogen-bond donors (Lipinski definition) is 1. The SMILES string of the molecule is CNCC(=O)N1CCN(Cc2cc(OC)cc(OC)c2)CC1.Cl. The van der Waals surface area contributed by atoms with Gasteiger partial charge in [-0.3, -0.25) is 9.69 Å². The van der Waals surface area contributed by atoms with Crippen molar-refractivity contribution in [3.8, 4) is 11.5 Å². The van der Waals surface area contributed by atoms with Gasteiger partial charge in [0, 0.05) is 38.8 Å². The summed E-state index contributed by atoms with van der Waals surface area (Å²) in [6.07, 6.45) is 0. The van der Waals surface area contributed by atoms with Crippen molar-refractivity contribution in [2.24, 2.45) is 0 Å². The minimum Gasteiger partial charge on any atom is -0.497 e. The van der Waals surface area contributed by atoms with Crippen LogP contribution in [0.5, 0.6) is 11.5 Å². The molecule has 0 radical (unpaired) electrons. The molecule has 7 heteroatoms. The van der Waals surface area contributed by atoms with Gasteiger partial charge in [0.1, 0.15) is 11.5 Å². The van der Waals surface area contributed by atoms with Crippen LogP contribution in [0.4, 0.5) is 0 Å². The fourth-order valence-electron chi connectivity index (χ4n) is 2.63. The molecule has 1 aromatic rings. The Balaban J connectivity index is 0.00000264. The fourth-order valence-corrected chi connectivity index (χ4v) is 2.63. The molecule has 0 spiro atoms. The van der Waals surface area contributed by atoms with Gasteiger partial charge in [-0.05, 0) is 24.7 Å². The number of carbonyl (C=O) groups is 1. The van der Waals surface area contributed by atoms with Crippen molar-refractivity contribution in [1.29, 1.82) is 0 Å². The van der Waals surface area contributed by atoms with Gasteiger partial charge in [0.05, 0.1) is 20.8 Å². The number of likely N-dealkylation sites (N-methyl/N-ethyl adjacent to an activating group) is 1. The quantitative estimate of drug-likeness (QED) is 0.835. The molecule has 1 heterocycles. The van der Waals surface area contributed by atoms with Crippen LogP contribution in [0.15, 0.2) is 18.2 Å². The summed E-state index contributed by atoms with van der Waals surface area (Å²) in [4.78, 5) is 16.1. The molecule has 0 aromatic heterocycles. The van der Waals surface area contributed by atoms with E-state index >= 15 is 0 Å². The number of amides is 1. The molecular formula is C16H26ClN3O3. The maximum atomic E-state index is 11.8. The van der Waals surface area contributed by atoms with Gasteiger partial charge in [0.25, 0.3) is 0 Å². The molecule has 0 bridgehead atoms. The zero-order chi connectivity index (χ0) is 15.9. The van der Waals surface area contributed by atoms with Crippen molar-refractivity contribution in [3.63, 3.8) is 0 Å². The highest BCUT2D eigenvalue weighted by Crippen LogP contribution is 2.23. The third-order valence-corrected chi connectivity index (χ3v) is 3.87. The van der Waals surface area contributed by atoms with E-state index in [4.69, 9.17) is 9.47 Å². The Morgan fingerprint density at radius 3 is 2.13 bits per heavy atom. The Labute approximate surface area is 144 Å². The maximum absolute atomic E-state index is 11.8. The van der Waals surface area contributed by atoms with Gasteiger partial charge < -0.3 is 19.7 Å². The predicted molar refractivity (Wildman–Crippen MR) is 92.6 cm³/mol. The van der Waals surface area contributed by atoms with Crippen LogP contribution in [0, 0.1) is 0 Å². The number of nitrogens with one attached hydrogen (secondary N) is 1. The Hall–Kier alpha value is -1.50. The molecule has 0 aliphatic carbocycles. The summed E-state index contributed by atoms with van der Waals surface area (Å²) in [6, 6.07) is 5.93. The van der Waals surface area contributed by atoms with Crippen LogP contribution in [-0.2, 0) is 11.3 Å². The van der Waals surface area contributed by atoms with Gasteiger partial charge in [0.15, 0.2) is 0 Å². The van der Waals surface area contributed by atoms with Crippen molar-refractivity contribution in [2.75, 3.05) is 54.0 Å². The molecule has 1 aromatic carbocycles. The highest BCUT2D eigenvalue weighted by atomic mass is 35.5. The highest BCUT2D eigenvalue weighted by molar-refractivity contribution is 5.85.